The molecule has 0 saturated carbocycles. The maximum Gasteiger partial charge on any atom is 0.257 e. The number of nitrogens with one attached hydrogen (secondary N) is 2. The van der Waals surface area contributed by atoms with Crippen LogP contribution in [-0.4, -0.2) is 14.3 Å². The van der Waals surface area contributed by atoms with Crippen LogP contribution in [0.2, 0.25) is 0 Å². The van der Waals surface area contributed by atoms with E-state index in [-0.39, 0.29) is 4.90 Å². The molecule has 5 nitrogen and oxygen atoms in total. The standard InChI is InChI=1S/C8H10N2O3S/c1-7(11)9-10-14(12,13)8-5-3-2-4-6-8/h2-6,10H,1H3,(H,9,11). The Balaban J connectivity index is 2.82. The molecule has 1 amide bonds. The Morgan fingerprint density at radius 1 is 1.21 bits per heavy atom. The molecule has 1 rings (SSSR count). The van der Waals surface area contributed by atoms with Gasteiger partial charge in [-0.1, -0.05) is 18.2 Å². The first-order chi connectivity index (χ1) is 6.52. The Morgan fingerprint density at radius 2 is 1.79 bits per heavy atom. The second-order valence-electron chi connectivity index (χ2n) is 2.60. The van der Waals surface area contributed by atoms with Gasteiger partial charge in [0.1, 0.15) is 0 Å². The number of carbonyl (C=O) groups excluding carboxylic acids is 1. The van der Waals surface area contributed by atoms with E-state index in [0.29, 0.717) is 0 Å². The van der Waals surface area contributed by atoms with E-state index < -0.39 is 15.9 Å². The maximum atomic E-state index is 11.4. The number of hydrazine groups is 1. The molecule has 0 radical (unpaired) electrons. The van der Waals surface area contributed by atoms with Crippen LogP contribution in [0.25, 0.3) is 0 Å². The van der Waals surface area contributed by atoms with Crippen molar-refractivity contribution in [2.45, 2.75) is 11.8 Å². The van der Waals surface area contributed by atoms with Crippen molar-refractivity contribution in [2.24, 2.45) is 0 Å². The minimum atomic E-state index is -3.64. The predicted octanol–water partition coefficient (Wildman–Crippen LogP) is 0.0160. The lowest BCUT2D eigenvalue weighted by Crippen LogP contribution is -2.40. The lowest BCUT2D eigenvalue weighted by Gasteiger charge is -2.05. The van der Waals surface area contributed by atoms with E-state index in [1.807, 2.05) is 10.3 Å². The highest BCUT2D eigenvalue weighted by atomic mass is 32.2. The monoisotopic (exact) mass is 214 g/mol. The number of sulfonamides is 1. The van der Waals surface area contributed by atoms with E-state index in [2.05, 4.69) is 0 Å². The molecule has 76 valence electrons. The molecule has 0 aliphatic carbocycles. The van der Waals surface area contributed by atoms with Gasteiger partial charge in [0, 0.05) is 6.92 Å². The van der Waals surface area contributed by atoms with E-state index in [9.17, 15) is 13.2 Å². The Hall–Kier alpha value is -1.40. The van der Waals surface area contributed by atoms with Gasteiger partial charge in [-0.2, -0.15) is 0 Å². The average molecular weight is 214 g/mol. The summed E-state index contributed by atoms with van der Waals surface area (Å²) in [6, 6.07) is 7.77. The minimum absolute atomic E-state index is 0.105. The predicted molar refractivity (Wildman–Crippen MR) is 50.6 cm³/mol. The van der Waals surface area contributed by atoms with Gasteiger partial charge >= 0.3 is 0 Å². The van der Waals surface area contributed by atoms with E-state index in [1.54, 1.807) is 18.2 Å². The summed E-state index contributed by atoms with van der Waals surface area (Å²) in [5, 5.41) is 0. The zero-order valence-electron chi connectivity index (χ0n) is 7.52. The highest BCUT2D eigenvalue weighted by Gasteiger charge is 2.12. The Bertz CT molecular complexity index is 413. The lowest BCUT2D eigenvalue weighted by molar-refractivity contribution is -0.119. The van der Waals surface area contributed by atoms with E-state index >= 15 is 0 Å². The van der Waals surface area contributed by atoms with Crippen LogP contribution >= 0.6 is 0 Å². The van der Waals surface area contributed by atoms with Crippen LogP contribution in [0, 0.1) is 0 Å². The van der Waals surface area contributed by atoms with E-state index in [4.69, 9.17) is 0 Å². The minimum Gasteiger partial charge on any atom is -0.278 e. The summed E-state index contributed by atoms with van der Waals surface area (Å²) in [7, 11) is -3.64. The first-order valence-corrected chi connectivity index (χ1v) is 5.34. The topological polar surface area (TPSA) is 75.3 Å². The van der Waals surface area contributed by atoms with Crippen molar-refractivity contribution in [3.05, 3.63) is 30.3 Å². The highest BCUT2D eigenvalue weighted by molar-refractivity contribution is 7.89. The summed E-state index contributed by atoms with van der Waals surface area (Å²) in [5.74, 6) is -0.468. The van der Waals surface area contributed by atoms with E-state index in [0.717, 1.165) is 0 Å². The number of carbonyl (C=O) groups is 1. The first kappa shape index (κ1) is 10.7. The fraction of sp³-hybridized carbons (Fsp3) is 0.125. The third-order valence-electron chi connectivity index (χ3n) is 1.41. The summed E-state index contributed by atoms with van der Waals surface area (Å²) in [4.78, 5) is 12.5. The van der Waals surface area contributed by atoms with Crippen LogP contribution in [-0.2, 0) is 14.8 Å². The number of hydrogen-bond donors (Lipinski definition) is 2. The van der Waals surface area contributed by atoms with Crippen molar-refractivity contribution in [1.82, 2.24) is 10.3 Å². The first-order valence-electron chi connectivity index (χ1n) is 3.86. The third-order valence-corrected chi connectivity index (χ3v) is 2.68. The molecule has 0 spiro atoms. The molecule has 1 aromatic rings. The van der Waals surface area contributed by atoms with Gasteiger partial charge in [-0.05, 0) is 12.1 Å². The van der Waals surface area contributed by atoms with Gasteiger partial charge in [-0.3, -0.25) is 10.2 Å². The Morgan fingerprint density at radius 3 is 2.29 bits per heavy atom. The quantitative estimate of drug-likeness (QED) is 0.696. The number of benzene rings is 1. The number of rotatable bonds is 3. The molecule has 0 unspecified atom stereocenters. The fourth-order valence-electron chi connectivity index (χ4n) is 0.798. The largest absolute Gasteiger partial charge is 0.278 e. The van der Waals surface area contributed by atoms with Gasteiger partial charge in [-0.25, -0.2) is 8.42 Å². The summed E-state index contributed by atoms with van der Waals surface area (Å²) in [6.07, 6.45) is 0. The van der Waals surface area contributed by atoms with Crippen molar-refractivity contribution < 1.29 is 13.2 Å². The Kier molecular flexibility index (Phi) is 3.21. The van der Waals surface area contributed by atoms with Gasteiger partial charge in [0.2, 0.25) is 5.91 Å². The summed E-state index contributed by atoms with van der Waals surface area (Å²) < 4.78 is 22.8. The summed E-state index contributed by atoms with van der Waals surface area (Å²) >= 11 is 0. The molecule has 0 atom stereocenters. The molecule has 0 fully saturated rings. The van der Waals surface area contributed by atoms with E-state index in [1.165, 1.54) is 19.1 Å². The van der Waals surface area contributed by atoms with Crippen molar-refractivity contribution in [2.75, 3.05) is 0 Å². The third kappa shape index (κ3) is 2.82. The van der Waals surface area contributed by atoms with Gasteiger partial charge in [0.25, 0.3) is 10.0 Å². The Labute approximate surface area is 82.2 Å². The second kappa shape index (κ2) is 4.21. The van der Waals surface area contributed by atoms with Gasteiger partial charge < -0.3 is 0 Å². The normalized spacial score (nSPS) is 10.9. The van der Waals surface area contributed by atoms with Crippen LogP contribution in [0.4, 0.5) is 0 Å². The highest BCUT2D eigenvalue weighted by Crippen LogP contribution is 2.05. The van der Waals surface area contributed by atoms with Crippen molar-refractivity contribution >= 4 is 15.9 Å². The van der Waals surface area contributed by atoms with Crippen LogP contribution in [0.1, 0.15) is 6.92 Å². The molecule has 0 aliphatic rings. The van der Waals surface area contributed by atoms with Gasteiger partial charge in [-0.15, -0.1) is 4.83 Å². The molecule has 0 heterocycles. The summed E-state index contributed by atoms with van der Waals surface area (Å²) in [6.45, 7) is 1.22. The molecule has 0 aromatic heterocycles. The molecule has 0 aliphatic heterocycles. The SMILES string of the molecule is CC(=O)NNS(=O)(=O)c1ccccc1. The molecule has 6 heteroatoms. The van der Waals surface area contributed by atoms with Crippen molar-refractivity contribution in [3.8, 4) is 0 Å². The number of hydrogen-bond acceptors (Lipinski definition) is 3. The van der Waals surface area contributed by atoms with Crippen LogP contribution < -0.4 is 10.3 Å². The van der Waals surface area contributed by atoms with Gasteiger partial charge in [0.15, 0.2) is 0 Å². The molecule has 0 saturated heterocycles. The lowest BCUT2D eigenvalue weighted by atomic mass is 10.4. The molecule has 0 bridgehead atoms. The molecular weight excluding hydrogens is 204 g/mol. The van der Waals surface area contributed by atoms with Crippen molar-refractivity contribution in [3.63, 3.8) is 0 Å². The van der Waals surface area contributed by atoms with Gasteiger partial charge in [0.05, 0.1) is 4.90 Å². The molecule has 2 N–H and O–H groups in total. The summed E-state index contributed by atoms with van der Waals surface area (Å²) in [5.41, 5.74) is 2.01. The van der Waals surface area contributed by atoms with Crippen LogP contribution in [0.5, 0.6) is 0 Å². The maximum absolute atomic E-state index is 11.4. The van der Waals surface area contributed by atoms with Crippen LogP contribution in [0.15, 0.2) is 35.2 Å². The van der Waals surface area contributed by atoms with Crippen LogP contribution in [0.3, 0.4) is 0 Å². The van der Waals surface area contributed by atoms with Crippen molar-refractivity contribution in [1.29, 1.82) is 0 Å². The molecular formula is C8H10N2O3S. The smallest absolute Gasteiger partial charge is 0.257 e. The zero-order valence-corrected chi connectivity index (χ0v) is 8.34. The molecule has 14 heavy (non-hydrogen) atoms. The fourth-order valence-corrected chi connectivity index (χ4v) is 1.71. The molecule has 1 aromatic carbocycles. The average Bonchev–Trinajstić information content (AvgIpc) is 2.16. The zero-order chi connectivity index (χ0) is 10.6. The second-order valence-corrected chi connectivity index (χ2v) is 4.28. The number of amides is 1.